The minimum Gasteiger partial charge on any atom is -0.492 e. The van der Waals surface area contributed by atoms with E-state index in [1.165, 1.54) is 0 Å². The van der Waals surface area contributed by atoms with Crippen LogP contribution in [0.4, 0.5) is 11.4 Å². The van der Waals surface area contributed by atoms with Crippen molar-refractivity contribution in [1.82, 2.24) is 0 Å². The first kappa shape index (κ1) is 20.3. The molecule has 0 spiro atoms. The molecule has 0 aliphatic heterocycles. The highest BCUT2D eigenvalue weighted by atomic mass is 16.5. The lowest BCUT2D eigenvalue weighted by molar-refractivity contribution is -0.117. The Balaban J connectivity index is 2.38. The molecule has 2 aromatic rings. The van der Waals surface area contributed by atoms with Crippen LogP contribution < -0.4 is 25.8 Å². The highest BCUT2D eigenvalue weighted by Crippen LogP contribution is 2.37. The Hall–Kier alpha value is -3.06. The average molecular weight is 371 g/mol. The van der Waals surface area contributed by atoms with Gasteiger partial charge in [0.15, 0.2) is 0 Å². The smallest absolute Gasteiger partial charge is 0.255 e. The van der Waals surface area contributed by atoms with Gasteiger partial charge in [-0.15, -0.1) is 0 Å². The first-order chi connectivity index (χ1) is 13.0. The number of carbonyl (C=O) groups excluding carboxylic acids is 2. The van der Waals surface area contributed by atoms with Crippen molar-refractivity contribution in [1.29, 1.82) is 0 Å². The summed E-state index contributed by atoms with van der Waals surface area (Å²) in [7, 11) is 0. The fourth-order valence-electron chi connectivity index (χ4n) is 2.34. The third-order valence-electron chi connectivity index (χ3n) is 3.64. The van der Waals surface area contributed by atoms with Gasteiger partial charge in [0.05, 0.1) is 30.6 Å². The first-order valence-electron chi connectivity index (χ1n) is 8.82. The van der Waals surface area contributed by atoms with Crippen LogP contribution in [0.25, 0.3) is 0 Å². The van der Waals surface area contributed by atoms with Gasteiger partial charge in [0.2, 0.25) is 5.91 Å². The minimum atomic E-state index is -0.674. The molecule has 2 rings (SSSR count). The van der Waals surface area contributed by atoms with Crippen molar-refractivity contribution in [2.75, 3.05) is 23.8 Å². The predicted molar refractivity (Wildman–Crippen MR) is 105 cm³/mol. The van der Waals surface area contributed by atoms with Gasteiger partial charge in [-0.3, -0.25) is 9.59 Å². The SMILES string of the molecule is CCOc1cc(NC(=O)[C@H](C)N)c(OCC)cc1NC(=O)c1ccccc1. The monoisotopic (exact) mass is 371 g/mol. The van der Waals surface area contributed by atoms with E-state index < -0.39 is 6.04 Å². The second kappa shape index (κ2) is 9.59. The van der Waals surface area contributed by atoms with Gasteiger partial charge in [-0.2, -0.15) is 0 Å². The number of anilines is 2. The van der Waals surface area contributed by atoms with Gasteiger partial charge < -0.3 is 25.8 Å². The fraction of sp³-hybridized carbons (Fsp3) is 0.300. The Morgan fingerprint density at radius 3 is 1.96 bits per heavy atom. The van der Waals surface area contributed by atoms with E-state index in [-0.39, 0.29) is 11.8 Å². The van der Waals surface area contributed by atoms with Gasteiger partial charge in [-0.05, 0) is 32.9 Å². The van der Waals surface area contributed by atoms with Gasteiger partial charge in [0.25, 0.3) is 5.91 Å². The summed E-state index contributed by atoms with van der Waals surface area (Å²) in [6, 6.07) is 11.4. The Morgan fingerprint density at radius 2 is 1.48 bits per heavy atom. The maximum absolute atomic E-state index is 12.5. The van der Waals surface area contributed by atoms with Crippen LogP contribution in [0.1, 0.15) is 31.1 Å². The zero-order valence-corrected chi connectivity index (χ0v) is 15.7. The summed E-state index contributed by atoms with van der Waals surface area (Å²) >= 11 is 0. The topological polar surface area (TPSA) is 103 Å². The molecule has 7 nitrogen and oxygen atoms in total. The van der Waals surface area contributed by atoms with Crippen molar-refractivity contribution in [3.63, 3.8) is 0 Å². The van der Waals surface area contributed by atoms with Gasteiger partial charge >= 0.3 is 0 Å². The third-order valence-corrected chi connectivity index (χ3v) is 3.64. The predicted octanol–water partition coefficient (Wildman–Crippen LogP) is 3.02. The minimum absolute atomic E-state index is 0.272. The lowest BCUT2D eigenvalue weighted by Gasteiger charge is -2.18. The Morgan fingerprint density at radius 1 is 0.963 bits per heavy atom. The summed E-state index contributed by atoms with van der Waals surface area (Å²) in [5, 5.41) is 5.56. The molecule has 144 valence electrons. The quantitative estimate of drug-likeness (QED) is 0.662. The van der Waals surface area contributed by atoms with Crippen LogP contribution in [-0.4, -0.2) is 31.1 Å². The van der Waals surface area contributed by atoms with Crippen LogP contribution >= 0.6 is 0 Å². The van der Waals surface area contributed by atoms with E-state index in [0.717, 1.165) is 0 Å². The van der Waals surface area contributed by atoms with Crippen LogP contribution in [0, 0.1) is 0 Å². The molecular formula is C20H25N3O4. The van der Waals surface area contributed by atoms with E-state index in [2.05, 4.69) is 10.6 Å². The molecule has 0 bridgehead atoms. The molecule has 0 aliphatic rings. The van der Waals surface area contributed by atoms with E-state index >= 15 is 0 Å². The van der Waals surface area contributed by atoms with Crippen molar-refractivity contribution in [3.8, 4) is 11.5 Å². The van der Waals surface area contributed by atoms with Gasteiger partial charge in [-0.1, -0.05) is 18.2 Å². The second-order valence-corrected chi connectivity index (χ2v) is 5.81. The summed E-state index contributed by atoms with van der Waals surface area (Å²) in [5.74, 6) is 0.217. The first-order valence-corrected chi connectivity index (χ1v) is 8.82. The summed E-state index contributed by atoms with van der Waals surface area (Å²) in [4.78, 5) is 24.5. The number of benzene rings is 2. The number of hydrogen-bond donors (Lipinski definition) is 3. The van der Waals surface area contributed by atoms with Crippen LogP contribution in [0.3, 0.4) is 0 Å². The molecule has 0 aromatic heterocycles. The van der Waals surface area contributed by atoms with Crippen LogP contribution in [0.2, 0.25) is 0 Å². The maximum atomic E-state index is 12.5. The second-order valence-electron chi connectivity index (χ2n) is 5.81. The lowest BCUT2D eigenvalue weighted by atomic mass is 10.2. The van der Waals surface area contributed by atoms with Crippen molar-refractivity contribution in [2.45, 2.75) is 26.8 Å². The van der Waals surface area contributed by atoms with Crippen molar-refractivity contribution >= 4 is 23.2 Å². The van der Waals surface area contributed by atoms with E-state index in [1.54, 1.807) is 43.3 Å². The fourth-order valence-corrected chi connectivity index (χ4v) is 2.34. The largest absolute Gasteiger partial charge is 0.492 e. The third kappa shape index (κ3) is 5.46. The number of rotatable bonds is 8. The number of ether oxygens (including phenoxy) is 2. The highest BCUT2D eigenvalue weighted by molar-refractivity contribution is 6.05. The molecule has 0 unspecified atom stereocenters. The maximum Gasteiger partial charge on any atom is 0.255 e. The van der Waals surface area contributed by atoms with E-state index in [1.807, 2.05) is 19.9 Å². The molecule has 1 atom stereocenters. The molecule has 0 fully saturated rings. The summed E-state index contributed by atoms with van der Waals surface area (Å²) in [6.07, 6.45) is 0. The van der Waals surface area contributed by atoms with Crippen LogP contribution in [-0.2, 0) is 4.79 Å². The van der Waals surface area contributed by atoms with Gasteiger partial charge in [0, 0.05) is 17.7 Å². The zero-order valence-electron chi connectivity index (χ0n) is 15.7. The van der Waals surface area contributed by atoms with Crippen molar-refractivity contribution in [2.24, 2.45) is 5.73 Å². The van der Waals surface area contributed by atoms with E-state index in [9.17, 15) is 9.59 Å². The Labute approximate surface area is 158 Å². The van der Waals surface area contributed by atoms with Crippen molar-refractivity contribution < 1.29 is 19.1 Å². The highest BCUT2D eigenvalue weighted by Gasteiger charge is 2.18. The Kier molecular flexibility index (Phi) is 7.19. The summed E-state index contributed by atoms with van der Waals surface area (Å²) in [5.41, 5.74) is 7.03. The summed E-state index contributed by atoms with van der Waals surface area (Å²) < 4.78 is 11.3. The van der Waals surface area contributed by atoms with Gasteiger partial charge in [0.1, 0.15) is 11.5 Å². The van der Waals surface area contributed by atoms with Crippen LogP contribution in [0.5, 0.6) is 11.5 Å². The molecule has 2 amide bonds. The standard InChI is InChI=1S/C20H25N3O4/c1-4-26-17-12-16(23-20(25)14-9-7-6-8-10-14)18(27-5-2)11-15(17)22-19(24)13(3)21/h6-13H,4-5,21H2,1-3H3,(H,22,24)(H,23,25)/t13-/m0/s1. The zero-order chi connectivity index (χ0) is 19.8. The number of amides is 2. The molecule has 0 saturated carbocycles. The molecule has 0 radical (unpaired) electrons. The number of nitrogens with one attached hydrogen (secondary N) is 2. The number of nitrogens with two attached hydrogens (primary N) is 1. The Bertz CT molecular complexity index is 791. The molecule has 0 saturated heterocycles. The molecule has 4 N–H and O–H groups in total. The van der Waals surface area contributed by atoms with E-state index in [4.69, 9.17) is 15.2 Å². The summed E-state index contributed by atoms with van der Waals surface area (Å²) in [6.45, 7) is 6.03. The van der Waals surface area contributed by atoms with Crippen LogP contribution in [0.15, 0.2) is 42.5 Å². The van der Waals surface area contributed by atoms with E-state index in [0.29, 0.717) is 41.7 Å². The molecule has 0 aliphatic carbocycles. The normalized spacial score (nSPS) is 11.4. The number of hydrogen-bond acceptors (Lipinski definition) is 5. The lowest BCUT2D eigenvalue weighted by Crippen LogP contribution is -2.32. The van der Waals surface area contributed by atoms with Gasteiger partial charge in [-0.25, -0.2) is 0 Å². The number of carbonyl (C=O) groups is 2. The molecule has 0 heterocycles. The molecular weight excluding hydrogens is 346 g/mol. The average Bonchev–Trinajstić information content (AvgIpc) is 2.65. The molecule has 2 aromatic carbocycles. The molecule has 7 heteroatoms. The molecule has 27 heavy (non-hydrogen) atoms. The van der Waals surface area contributed by atoms with Crippen molar-refractivity contribution in [3.05, 3.63) is 48.0 Å².